The molecule has 0 saturated heterocycles. The zero-order chi connectivity index (χ0) is 19.8. The van der Waals surface area contributed by atoms with Crippen molar-refractivity contribution in [2.45, 2.75) is 52.0 Å². The Bertz CT molecular complexity index is 1070. The number of hydrogen-bond acceptors (Lipinski definition) is 4. The first kappa shape index (κ1) is 18.4. The predicted molar refractivity (Wildman–Crippen MR) is 105 cm³/mol. The van der Waals surface area contributed by atoms with Gasteiger partial charge in [0, 0.05) is 29.2 Å². The Morgan fingerprint density at radius 3 is 2.82 bits per heavy atom. The van der Waals surface area contributed by atoms with Gasteiger partial charge < -0.3 is 10.4 Å². The summed E-state index contributed by atoms with van der Waals surface area (Å²) >= 11 is 0. The lowest BCUT2D eigenvalue weighted by Gasteiger charge is -2.18. The predicted octanol–water partition coefficient (Wildman–Crippen LogP) is 2.80. The van der Waals surface area contributed by atoms with E-state index in [1.54, 1.807) is 0 Å². The minimum absolute atomic E-state index is 0.109. The number of nitrogens with zero attached hydrogens (tertiary/aromatic N) is 3. The second-order valence-corrected chi connectivity index (χ2v) is 7.56. The number of amides is 1. The Morgan fingerprint density at radius 1 is 1.25 bits per heavy atom. The highest BCUT2D eigenvalue weighted by molar-refractivity contribution is 5.92. The van der Waals surface area contributed by atoms with Gasteiger partial charge in [-0.1, -0.05) is 18.6 Å². The SMILES string of the molecule is Cc1nc2c3ccccc3nn2c(C)c1CCC(=O)N[C@@H]1CCC[C@@H]1C(=O)O. The second-order valence-electron chi connectivity index (χ2n) is 7.56. The van der Waals surface area contributed by atoms with E-state index in [4.69, 9.17) is 4.98 Å². The number of fused-ring (bicyclic) bond motifs is 3. The number of carboxylic acid groups (broad SMARTS) is 1. The number of nitrogens with one attached hydrogen (secondary N) is 1. The van der Waals surface area contributed by atoms with Gasteiger partial charge in [-0.3, -0.25) is 9.59 Å². The highest BCUT2D eigenvalue weighted by Crippen LogP contribution is 2.26. The molecule has 1 fully saturated rings. The van der Waals surface area contributed by atoms with Crippen LogP contribution in [0.25, 0.3) is 16.6 Å². The Hall–Kier alpha value is -2.96. The molecule has 2 aromatic heterocycles. The molecule has 7 heteroatoms. The molecule has 2 heterocycles. The van der Waals surface area contributed by atoms with E-state index in [9.17, 15) is 14.7 Å². The summed E-state index contributed by atoms with van der Waals surface area (Å²) in [5.41, 5.74) is 4.61. The van der Waals surface area contributed by atoms with Crippen molar-refractivity contribution in [1.82, 2.24) is 19.9 Å². The average molecular weight is 380 g/mol. The normalized spacial score (nSPS) is 19.4. The Kier molecular flexibility index (Phi) is 4.75. The van der Waals surface area contributed by atoms with Crippen LogP contribution in [0, 0.1) is 19.8 Å². The van der Waals surface area contributed by atoms with E-state index in [2.05, 4.69) is 10.4 Å². The van der Waals surface area contributed by atoms with Gasteiger partial charge in [-0.25, -0.2) is 9.50 Å². The number of hydrogen-bond donors (Lipinski definition) is 2. The highest BCUT2D eigenvalue weighted by Gasteiger charge is 2.33. The topological polar surface area (TPSA) is 96.6 Å². The molecule has 4 rings (SSSR count). The van der Waals surface area contributed by atoms with Gasteiger partial charge in [0.1, 0.15) is 0 Å². The standard InChI is InChI=1S/C21H24N4O3/c1-12-14(10-11-19(26)23-17-9-5-7-16(17)21(27)28)13(2)25-20(22-12)15-6-3-4-8-18(15)24-25/h3-4,6,8,16-17H,5,7,9-11H2,1-2H3,(H,23,26)(H,27,28)/t16-,17+/m0/s1. The quantitative estimate of drug-likeness (QED) is 0.709. The number of aromatic nitrogens is 3. The maximum atomic E-state index is 12.4. The fourth-order valence-electron chi connectivity index (χ4n) is 4.28. The third-order valence-electron chi connectivity index (χ3n) is 5.80. The molecule has 1 aliphatic carbocycles. The lowest BCUT2D eigenvalue weighted by atomic mass is 10.0. The molecule has 0 radical (unpaired) electrons. The number of carbonyl (C=O) groups is 2. The third-order valence-corrected chi connectivity index (χ3v) is 5.80. The Labute approximate surface area is 162 Å². The van der Waals surface area contributed by atoms with Gasteiger partial charge in [-0.05, 0) is 50.8 Å². The van der Waals surface area contributed by atoms with Crippen LogP contribution in [0.3, 0.4) is 0 Å². The van der Waals surface area contributed by atoms with Crippen molar-refractivity contribution in [1.29, 1.82) is 0 Å². The Balaban J connectivity index is 1.52. The van der Waals surface area contributed by atoms with Crippen LogP contribution in [-0.4, -0.2) is 37.6 Å². The number of carboxylic acids is 1. The summed E-state index contributed by atoms with van der Waals surface area (Å²) in [6.45, 7) is 3.96. The van der Waals surface area contributed by atoms with Crippen LogP contribution in [0.1, 0.15) is 42.6 Å². The van der Waals surface area contributed by atoms with Gasteiger partial charge in [0.05, 0.1) is 11.4 Å². The van der Waals surface area contributed by atoms with E-state index < -0.39 is 11.9 Å². The van der Waals surface area contributed by atoms with Crippen molar-refractivity contribution >= 4 is 28.4 Å². The van der Waals surface area contributed by atoms with Crippen molar-refractivity contribution < 1.29 is 14.7 Å². The number of rotatable bonds is 5. The number of carbonyl (C=O) groups excluding carboxylic acids is 1. The maximum absolute atomic E-state index is 12.4. The second kappa shape index (κ2) is 7.22. The lowest BCUT2D eigenvalue weighted by molar-refractivity contribution is -0.142. The summed E-state index contributed by atoms with van der Waals surface area (Å²) in [5.74, 6) is -1.40. The largest absolute Gasteiger partial charge is 0.481 e. The van der Waals surface area contributed by atoms with Crippen molar-refractivity contribution in [2.24, 2.45) is 5.92 Å². The average Bonchev–Trinajstić information content (AvgIpc) is 3.26. The molecular weight excluding hydrogens is 356 g/mol. The summed E-state index contributed by atoms with van der Waals surface area (Å²) in [6, 6.07) is 7.64. The smallest absolute Gasteiger partial charge is 0.308 e. The molecule has 0 spiro atoms. The summed E-state index contributed by atoms with van der Waals surface area (Å²) in [6.07, 6.45) is 3.05. The van der Waals surface area contributed by atoms with Crippen LogP contribution in [0.2, 0.25) is 0 Å². The summed E-state index contributed by atoms with van der Waals surface area (Å²) in [4.78, 5) is 28.4. The van der Waals surface area contributed by atoms with Crippen molar-refractivity contribution in [3.8, 4) is 0 Å². The molecule has 1 aliphatic rings. The molecule has 1 saturated carbocycles. The minimum atomic E-state index is -0.824. The van der Waals surface area contributed by atoms with E-state index in [-0.39, 0.29) is 11.9 Å². The zero-order valence-electron chi connectivity index (χ0n) is 16.1. The van der Waals surface area contributed by atoms with Gasteiger partial charge in [0.15, 0.2) is 5.65 Å². The molecular formula is C21H24N4O3. The van der Waals surface area contributed by atoms with Crippen LogP contribution < -0.4 is 5.32 Å². The molecule has 2 N–H and O–H groups in total. The zero-order valence-corrected chi connectivity index (χ0v) is 16.1. The molecule has 3 aromatic rings. The van der Waals surface area contributed by atoms with Crippen molar-refractivity contribution in [2.75, 3.05) is 0 Å². The monoisotopic (exact) mass is 380 g/mol. The minimum Gasteiger partial charge on any atom is -0.481 e. The lowest BCUT2D eigenvalue weighted by Crippen LogP contribution is -2.40. The van der Waals surface area contributed by atoms with Gasteiger partial charge >= 0.3 is 5.97 Å². The van der Waals surface area contributed by atoms with E-state index >= 15 is 0 Å². The molecule has 7 nitrogen and oxygen atoms in total. The molecule has 1 amide bonds. The molecule has 0 bridgehead atoms. The molecule has 0 aliphatic heterocycles. The number of aliphatic carboxylic acids is 1. The van der Waals surface area contributed by atoms with Crippen LogP contribution in [0.15, 0.2) is 24.3 Å². The van der Waals surface area contributed by atoms with E-state index in [0.717, 1.165) is 46.3 Å². The molecule has 1 aromatic carbocycles. The van der Waals surface area contributed by atoms with Crippen LogP contribution in [0.5, 0.6) is 0 Å². The van der Waals surface area contributed by atoms with Gasteiger partial charge in [-0.15, -0.1) is 0 Å². The van der Waals surface area contributed by atoms with Crippen LogP contribution in [0.4, 0.5) is 0 Å². The highest BCUT2D eigenvalue weighted by atomic mass is 16.4. The number of aryl methyl sites for hydroxylation is 2. The van der Waals surface area contributed by atoms with Crippen LogP contribution in [-0.2, 0) is 16.0 Å². The summed E-state index contributed by atoms with van der Waals surface area (Å²) in [7, 11) is 0. The van der Waals surface area contributed by atoms with E-state index in [1.165, 1.54) is 0 Å². The van der Waals surface area contributed by atoms with Gasteiger partial charge in [0.25, 0.3) is 0 Å². The summed E-state index contributed by atoms with van der Waals surface area (Å²) in [5, 5.41) is 17.8. The molecule has 0 unspecified atom stereocenters. The fourth-order valence-corrected chi connectivity index (χ4v) is 4.28. The van der Waals surface area contributed by atoms with Gasteiger partial charge in [-0.2, -0.15) is 5.10 Å². The summed E-state index contributed by atoms with van der Waals surface area (Å²) < 4.78 is 1.85. The van der Waals surface area contributed by atoms with Crippen molar-refractivity contribution in [3.05, 3.63) is 41.2 Å². The van der Waals surface area contributed by atoms with Crippen molar-refractivity contribution in [3.63, 3.8) is 0 Å². The van der Waals surface area contributed by atoms with Gasteiger partial charge in [0.2, 0.25) is 5.91 Å². The first-order valence-corrected chi connectivity index (χ1v) is 9.71. The van der Waals surface area contributed by atoms with E-state index in [0.29, 0.717) is 19.3 Å². The van der Waals surface area contributed by atoms with Crippen LogP contribution >= 0.6 is 0 Å². The molecule has 2 atom stereocenters. The molecule has 146 valence electrons. The first-order valence-electron chi connectivity index (χ1n) is 9.71. The fraction of sp³-hybridized carbons (Fsp3) is 0.429. The maximum Gasteiger partial charge on any atom is 0.308 e. The van der Waals surface area contributed by atoms with E-state index in [1.807, 2.05) is 42.6 Å². The first-order chi connectivity index (χ1) is 13.5. The Morgan fingerprint density at radius 2 is 2.04 bits per heavy atom. The molecule has 28 heavy (non-hydrogen) atoms. The third kappa shape index (κ3) is 3.21. The number of benzene rings is 1.